The van der Waals surface area contributed by atoms with Crippen molar-refractivity contribution in [2.45, 2.75) is 83.0 Å². The largest absolute Gasteiger partial charge is 0.372 e. The molecule has 1 aromatic carbocycles. The van der Waals surface area contributed by atoms with Crippen molar-refractivity contribution in [2.24, 2.45) is 5.92 Å². The lowest BCUT2D eigenvalue weighted by Gasteiger charge is -2.31. The number of carbonyl (C=O) groups is 4. The number of Topliss-reactive ketones (excluding diaryl/α,β-unsaturated/α-hetero) is 1. The van der Waals surface area contributed by atoms with Gasteiger partial charge in [-0.05, 0) is 75.3 Å². The van der Waals surface area contributed by atoms with E-state index >= 15 is 0 Å². The van der Waals surface area contributed by atoms with E-state index in [4.69, 9.17) is 0 Å². The topological polar surface area (TPSA) is 102 Å². The molecule has 3 amide bonds. The summed E-state index contributed by atoms with van der Waals surface area (Å²) in [6, 6.07) is 5.69. The number of rotatable bonds is 7. The second-order valence-corrected chi connectivity index (χ2v) is 11.7. The zero-order valence-corrected chi connectivity index (χ0v) is 22.7. The molecule has 4 aliphatic rings. The van der Waals surface area contributed by atoms with E-state index in [1.54, 1.807) is 9.80 Å². The Hall–Kier alpha value is -2.94. The van der Waals surface area contributed by atoms with Crippen molar-refractivity contribution in [1.29, 1.82) is 0 Å². The lowest BCUT2D eigenvalue weighted by atomic mass is 10.0. The molecule has 5 rings (SSSR count). The van der Waals surface area contributed by atoms with Gasteiger partial charge in [0.2, 0.25) is 11.8 Å². The highest BCUT2D eigenvalue weighted by Gasteiger charge is 2.53. The average Bonchev–Trinajstić information content (AvgIpc) is 3.67. The molecule has 0 aliphatic carbocycles. The van der Waals surface area contributed by atoms with E-state index in [0.29, 0.717) is 24.9 Å². The number of fused-ring (bicyclic) bond motifs is 1. The van der Waals surface area contributed by atoms with Gasteiger partial charge in [0.05, 0.1) is 18.6 Å². The number of ketones is 1. The van der Waals surface area contributed by atoms with Gasteiger partial charge in [0.1, 0.15) is 12.1 Å². The average molecular weight is 524 g/mol. The second-order valence-electron chi connectivity index (χ2n) is 11.7. The van der Waals surface area contributed by atoms with E-state index in [1.807, 2.05) is 38.1 Å². The summed E-state index contributed by atoms with van der Waals surface area (Å²) in [5.74, 6) is -0.450. The van der Waals surface area contributed by atoms with Gasteiger partial charge in [-0.15, -0.1) is 0 Å². The first-order valence-corrected chi connectivity index (χ1v) is 14.4. The number of anilines is 1. The molecule has 0 spiro atoms. The van der Waals surface area contributed by atoms with Crippen LogP contribution in [-0.4, -0.2) is 90.2 Å². The number of benzene rings is 1. The number of amides is 3. The van der Waals surface area contributed by atoms with Crippen molar-refractivity contribution in [3.63, 3.8) is 0 Å². The van der Waals surface area contributed by atoms with Crippen LogP contribution in [0.3, 0.4) is 0 Å². The molecule has 9 heteroatoms. The molecule has 0 aromatic heterocycles. The van der Waals surface area contributed by atoms with E-state index in [1.165, 1.54) is 12.8 Å². The Labute approximate surface area is 225 Å². The fourth-order valence-electron chi connectivity index (χ4n) is 6.55. The third kappa shape index (κ3) is 5.44. The standard InChI is InChI=1S/C29H41N5O4/c1-19(2)17-23(31-27(36)20-8-10-21(11-9-20)32-14-5-6-15-32)29(38)33-16-12-24-26(33)25(35)18-34(24)28(37)22-7-3-4-13-30-22/h8-11,19,22-24,26,30H,3-7,12-18H2,1-2H3,(H,31,36). The Kier molecular flexibility index (Phi) is 8.02. The Balaban J connectivity index is 1.26. The first kappa shape index (κ1) is 26.7. The Morgan fingerprint density at radius 1 is 0.974 bits per heavy atom. The molecule has 0 bridgehead atoms. The molecule has 4 unspecified atom stereocenters. The van der Waals surface area contributed by atoms with Crippen LogP contribution in [0.25, 0.3) is 0 Å². The number of hydrogen-bond donors (Lipinski definition) is 2. The predicted octanol–water partition coefficient (Wildman–Crippen LogP) is 1.95. The molecule has 38 heavy (non-hydrogen) atoms. The normalized spacial score (nSPS) is 26.1. The molecule has 4 fully saturated rings. The summed E-state index contributed by atoms with van der Waals surface area (Å²) in [4.78, 5) is 58.9. The van der Waals surface area contributed by atoms with Crippen LogP contribution in [0, 0.1) is 5.92 Å². The highest BCUT2D eigenvalue weighted by molar-refractivity contribution is 6.01. The minimum Gasteiger partial charge on any atom is -0.372 e. The highest BCUT2D eigenvalue weighted by Crippen LogP contribution is 2.32. The summed E-state index contributed by atoms with van der Waals surface area (Å²) in [5, 5.41) is 6.25. The maximum atomic E-state index is 13.8. The Bertz CT molecular complexity index is 1050. The number of carbonyl (C=O) groups excluding carboxylic acids is 4. The fourth-order valence-corrected chi connectivity index (χ4v) is 6.55. The monoisotopic (exact) mass is 523 g/mol. The van der Waals surface area contributed by atoms with Gasteiger partial charge in [0.15, 0.2) is 5.78 Å². The van der Waals surface area contributed by atoms with Crippen LogP contribution < -0.4 is 15.5 Å². The molecule has 4 atom stereocenters. The van der Waals surface area contributed by atoms with Crippen molar-refractivity contribution in [1.82, 2.24) is 20.4 Å². The smallest absolute Gasteiger partial charge is 0.251 e. The molecule has 2 N–H and O–H groups in total. The van der Waals surface area contributed by atoms with Gasteiger partial charge in [-0.2, -0.15) is 0 Å². The van der Waals surface area contributed by atoms with Crippen molar-refractivity contribution in [3.05, 3.63) is 29.8 Å². The SMILES string of the molecule is CC(C)CC(NC(=O)c1ccc(N2CCCC2)cc1)C(=O)N1CCC2C1C(=O)CN2C(=O)C1CCCCN1. The minimum atomic E-state index is -0.725. The summed E-state index contributed by atoms with van der Waals surface area (Å²) in [7, 11) is 0. The number of likely N-dealkylation sites (tertiary alicyclic amines) is 2. The van der Waals surface area contributed by atoms with Crippen LogP contribution in [0.2, 0.25) is 0 Å². The van der Waals surface area contributed by atoms with E-state index in [0.717, 1.165) is 44.6 Å². The van der Waals surface area contributed by atoms with Crippen molar-refractivity contribution >= 4 is 29.2 Å². The van der Waals surface area contributed by atoms with Crippen LogP contribution >= 0.6 is 0 Å². The molecule has 206 valence electrons. The lowest BCUT2D eigenvalue weighted by molar-refractivity contribution is -0.138. The summed E-state index contributed by atoms with van der Waals surface area (Å²) < 4.78 is 0. The van der Waals surface area contributed by atoms with Crippen molar-refractivity contribution in [3.8, 4) is 0 Å². The van der Waals surface area contributed by atoms with Crippen LogP contribution in [-0.2, 0) is 14.4 Å². The van der Waals surface area contributed by atoms with Gasteiger partial charge in [-0.25, -0.2) is 0 Å². The first-order chi connectivity index (χ1) is 18.3. The zero-order chi connectivity index (χ0) is 26.8. The third-order valence-corrected chi connectivity index (χ3v) is 8.51. The van der Waals surface area contributed by atoms with Crippen LogP contribution in [0.4, 0.5) is 5.69 Å². The molecule has 4 aliphatic heterocycles. The van der Waals surface area contributed by atoms with E-state index < -0.39 is 12.1 Å². The number of nitrogens with one attached hydrogen (secondary N) is 2. The predicted molar refractivity (Wildman–Crippen MR) is 145 cm³/mol. The van der Waals surface area contributed by atoms with Crippen LogP contribution in [0.15, 0.2) is 24.3 Å². The van der Waals surface area contributed by atoms with E-state index in [9.17, 15) is 19.2 Å². The fraction of sp³-hybridized carbons (Fsp3) is 0.655. The van der Waals surface area contributed by atoms with Crippen LogP contribution in [0.5, 0.6) is 0 Å². The van der Waals surface area contributed by atoms with Gasteiger partial charge in [-0.3, -0.25) is 19.2 Å². The highest BCUT2D eigenvalue weighted by atomic mass is 16.2. The van der Waals surface area contributed by atoms with Gasteiger partial charge in [0.25, 0.3) is 5.91 Å². The second kappa shape index (κ2) is 11.4. The lowest BCUT2D eigenvalue weighted by Crippen LogP contribution is -2.53. The van der Waals surface area contributed by atoms with Crippen LogP contribution in [0.1, 0.15) is 69.2 Å². The summed E-state index contributed by atoms with van der Waals surface area (Å²) >= 11 is 0. The molecule has 4 saturated heterocycles. The molecule has 4 heterocycles. The molecule has 0 saturated carbocycles. The van der Waals surface area contributed by atoms with Gasteiger partial charge in [-0.1, -0.05) is 20.3 Å². The van der Waals surface area contributed by atoms with E-state index in [2.05, 4.69) is 15.5 Å². The minimum absolute atomic E-state index is 0.0238. The summed E-state index contributed by atoms with van der Waals surface area (Å²) in [5.41, 5.74) is 1.63. The third-order valence-electron chi connectivity index (χ3n) is 8.51. The van der Waals surface area contributed by atoms with Crippen molar-refractivity contribution < 1.29 is 19.2 Å². The maximum Gasteiger partial charge on any atom is 0.251 e. The molecular weight excluding hydrogens is 482 g/mol. The van der Waals surface area contributed by atoms with Gasteiger partial charge >= 0.3 is 0 Å². The van der Waals surface area contributed by atoms with E-state index in [-0.39, 0.29) is 48.1 Å². The van der Waals surface area contributed by atoms with Gasteiger partial charge < -0.3 is 25.3 Å². The molecule has 0 radical (unpaired) electrons. The summed E-state index contributed by atoms with van der Waals surface area (Å²) in [6.07, 6.45) is 6.28. The van der Waals surface area contributed by atoms with Gasteiger partial charge in [0, 0.05) is 30.9 Å². The Morgan fingerprint density at radius 3 is 2.37 bits per heavy atom. The number of piperidine rings is 1. The summed E-state index contributed by atoms with van der Waals surface area (Å²) in [6.45, 7) is 7.39. The quantitative estimate of drug-likeness (QED) is 0.567. The molecular formula is C29H41N5O4. The molecule has 9 nitrogen and oxygen atoms in total. The first-order valence-electron chi connectivity index (χ1n) is 14.4. The maximum absolute atomic E-state index is 13.8. The number of nitrogens with zero attached hydrogens (tertiary/aromatic N) is 3. The zero-order valence-electron chi connectivity index (χ0n) is 22.7. The van der Waals surface area contributed by atoms with Crippen molar-refractivity contribution in [2.75, 3.05) is 37.6 Å². The Morgan fingerprint density at radius 2 is 1.71 bits per heavy atom. The number of hydrogen-bond acceptors (Lipinski definition) is 6. The molecule has 1 aromatic rings.